The maximum atomic E-state index is 9.59. The van der Waals surface area contributed by atoms with Crippen LogP contribution in [0.1, 0.15) is 37.2 Å². The van der Waals surface area contributed by atoms with E-state index < -0.39 is 0 Å². The van der Waals surface area contributed by atoms with Crippen molar-refractivity contribution in [2.75, 3.05) is 13.2 Å². The van der Waals surface area contributed by atoms with Gasteiger partial charge in [0.05, 0.1) is 19.3 Å². The first-order valence-electron chi connectivity index (χ1n) is 6.40. The molecular formula is C14H18O3. The number of rotatable bonds is 1. The van der Waals surface area contributed by atoms with Gasteiger partial charge in [0.25, 0.3) is 0 Å². The van der Waals surface area contributed by atoms with Crippen LogP contribution in [-0.2, 0) is 0 Å². The third kappa shape index (κ3) is 2.25. The highest BCUT2D eigenvalue weighted by Crippen LogP contribution is 2.39. The molecule has 0 saturated heterocycles. The molecule has 2 atom stereocenters. The molecule has 1 aromatic carbocycles. The molecule has 2 aliphatic rings. The average Bonchev–Trinajstić information content (AvgIpc) is 2.64. The molecule has 1 aromatic rings. The quantitative estimate of drug-likeness (QED) is 0.811. The second-order valence-electron chi connectivity index (χ2n) is 4.92. The Morgan fingerprint density at radius 2 is 1.88 bits per heavy atom. The smallest absolute Gasteiger partial charge is 0.161 e. The van der Waals surface area contributed by atoms with Gasteiger partial charge >= 0.3 is 0 Å². The van der Waals surface area contributed by atoms with E-state index in [1.807, 2.05) is 6.07 Å². The van der Waals surface area contributed by atoms with Crippen molar-refractivity contribution in [2.24, 2.45) is 0 Å². The Morgan fingerprint density at radius 1 is 1.06 bits per heavy atom. The van der Waals surface area contributed by atoms with Crippen molar-refractivity contribution in [3.8, 4) is 11.5 Å². The molecule has 3 rings (SSSR count). The predicted molar refractivity (Wildman–Crippen MR) is 64.6 cm³/mol. The third-order valence-electron chi connectivity index (χ3n) is 3.65. The van der Waals surface area contributed by atoms with Gasteiger partial charge in [-0.1, -0.05) is 6.07 Å². The zero-order valence-electron chi connectivity index (χ0n) is 9.89. The van der Waals surface area contributed by atoms with Crippen LogP contribution in [0.2, 0.25) is 0 Å². The fraction of sp³-hybridized carbons (Fsp3) is 0.571. The van der Waals surface area contributed by atoms with Crippen LogP contribution < -0.4 is 9.47 Å². The predicted octanol–water partition coefficient (Wildman–Crippen LogP) is 2.48. The van der Waals surface area contributed by atoms with E-state index in [1.165, 1.54) is 5.56 Å². The first-order valence-corrected chi connectivity index (χ1v) is 6.40. The van der Waals surface area contributed by atoms with E-state index in [4.69, 9.17) is 9.47 Å². The van der Waals surface area contributed by atoms with Crippen molar-refractivity contribution in [3.05, 3.63) is 23.8 Å². The van der Waals surface area contributed by atoms with E-state index in [9.17, 15) is 5.11 Å². The summed E-state index contributed by atoms with van der Waals surface area (Å²) >= 11 is 0. The van der Waals surface area contributed by atoms with Crippen molar-refractivity contribution < 1.29 is 14.6 Å². The van der Waals surface area contributed by atoms with Gasteiger partial charge in [-0.05, 0) is 42.9 Å². The summed E-state index contributed by atoms with van der Waals surface area (Å²) in [5.74, 6) is 2.19. The summed E-state index contributed by atoms with van der Waals surface area (Å²) in [6.07, 6.45) is 3.67. The molecule has 1 fully saturated rings. The second-order valence-corrected chi connectivity index (χ2v) is 4.92. The van der Waals surface area contributed by atoms with E-state index in [0.717, 1.165) is 50.4 Å². The normalized spacial score (nSPS) is 27.8. The van der Waals surface area contributed by atoms with Crippen LogP contribution in [0.3, 0.4) is 0 Å². The molecule has 0 bridgehead atoms. The fourth-order valence-corrected chi connectivity index (χ4v) is 2.69. The first-order chi connectivity index (χ1) is 8.33. The van der Waals surface area contributed by atoms with E-state index in [-0.39, 0.29) is 6.10 Å². The summed E-state index contributed by atoms with van der Waals surface area (Å²) in [5, 5.41) is 9.59. The molecule has 2 unspecified atom stereocenters. The lowest BCUT2D eigenvalue weighted by atomic mass is 9.97. The maximum Gasteiger partial charge on any atom is 0.161 e. The lowest BCUT2D eigenvalue weighted by molar-refractivity contribution is 0.181. The lowest BCUT2D eigenvalue weighted by Gasteiger charge is -2.13. The van der Waals surface area contributed by atoms with Crippen LogP contribution in [0.5, 0.6) is 11.5 Å². The van der Waals surface area contributed by atoms with E-state index in [0.29, 0.717) is 5.92 Å². The average molecular weight is 234 g/mol. The highest BCUT2D eigenvalue weighted by atomic mass is 16.5. The van der Waals surface area contributed by atoms with Gasteiger partial charge in [0.2, 0.25) is 0 Å². The monoisotopic (exact) mass is 234 g/mol. The van der Waals surface area contributed by atoms with Crippen molar-refractivity contribution in [1.29, 1.82) is 0 Å². The summed E-state index contributed by atoms with van der Waals surface area (Å²) in [6.45, 7) is 1.46. The Morgan fingerprint density at radius 3 is 2.65 bits per heavy atom. The van der Waals surface area contributed by atoms with Gasteiger partial charge in [-0.2, -0.15) is 0 Å². The highest BCUT2D eigenvalue weighted by molar-refractivity contribution is 5.44. The van der Waals surface area contributed by atoms with Crippen LogP contribution in [0, 0.1) is 0 Å². The van der Waals surface area contributed by atoms with Gasteiger partial charge in [-0.15, -0.1) is 0 Å². The van der Waals surface area contributed by atoms with Crippen LogP contribution in [-0.4, -0.2) is 24.4 Å². The second kappa shape index (κ2) is 4.57. The van der Waals surface area contributed by atoms with E-state index in [1.54, 1.807) is 0 Å². The van der Waals surface area contributed by atoms with Crippen LogP contribution in [0.25, 0.3) is 0 Å². The summed E-state index contributed by atoms with van der Waals surface area (Å²) in [4.78, 5) is 0. The van der Waals surface area contributed by atoms with Gasteiger partial charge in [0, 0.05) is 6.42 Å². The molecule has 3 nitrogen and oxygen atoms in total. The molecule has 3 heteroatoms. The molecule has 1 aliphatic carbocycles. The minimum atomic E-state index is -0.129. The molecular weight excluding hydrogens is 216 g/mol. The molecule has 0 amide bonds. The van der Waals surface area contributed by atoms with E-state index >= 15 is 0 Å². The molecule has 0 aromatic heterocycles. The number of hydrogen-bond donors (Lipinski definition) is 1. The van der Waals surface area contributed by atoms with Crippen molar-refractivity contribution in [2.45, 2.75) is 37.7 Å². The molecule has 0 radical (unpaired) electrons. The summed E-state index contributed by atoms with van der Waals surface area (Å²) in [7, 11) is 0. The van der Waals surface area contributed by atoms with Gasteiger partial charge in [0.15, 0.2) is 11.5 Å². The molecule has 0 spiro atoms. The fourth-order valence-electron chi connectivity index (χ4n) is 2.69. The summed E-state index contributed by atoms with van der Waals surface area (Å²) in [6, 6.07) is 6.19. The molecule has 17 heavy (non-hydrogen) atoms. The molecule has 1 heterocycles. The number of benzene rings is 1. The molecule has 92 valence electrons. The Kier molecular flexibility index (Phi) is 2.93. The minimum Gasteiger partial charge on any atom is -0.490 e. The number of aliphatic hydroxyl groups is 1. The highest BCUT2D eigenvalue weighted by Gasteiger charge is 2.25. The summed E-state index contributed by atoms with van der Waals surface area (Å²) < 4.78 is 11.3. The zero-order valence-corrected chi connectivity index (χ0v) is 9.89. The molecule has 1 saturated carbocycles. The van der Waals surface area contributed by atoms with Gasteiger partial charge in [-0.3, -0.25) is 0 Å². The van der Waals surface area contributed by atoms with Gasteiger partial charge in [-0.25, -0.2) is 0 Å². The number of hydrogen-bond acceptors (Lipinski definition) is 3. The van der Waals surface area contributed by atoms with Crippen molar-refractivity contribution >= 4 is 0 Å². The van der Waals surface area contributed by atoms with Crippen LogP contribution in [0.15, 0.2) is 18.2 Å². The van der Waals surface area contributed by atoms with Crippen molar-refractivity contribution in [1.82, 2.24) is 0 Å². The SMILES string of the molecule is OC1CCC(c2ccc3c(c2)OCCCO3)C1. The Labute approximate surface area is 101 Å². The molecule has 1 aliphatic heterocycles. The first kappa shape index (κ1) is 10.9. The standard InChI is InChI=1S/C14H18O3/c15-12-4-2-10(8-12)11-3-5-13-14(9-11)17-7-1-6-16-13/h3,5,9-10,12,15H,1-2,4,6-8H2. The van der Waals surface area contributed by atoms with Crippen LogP contribution in [0.4, 0.5) is 0 Å². The lowest BCUT2D eigenvalue weighted by Crippen LogP contribution is -2.00. The Hall–Kier alpha value is -1.22. The zero-order chi connectivity index (χ0) is 11.7. The van der Waals surface area contributed by atoms with Gasteiger partial charge in [0.1, 0.15) is 0 Å². The Bertz CT molecular complexity index is 402. The molecule has 1 N–H and O–H groups in total. The minimum absolute atomic E-state index is 0.129. The summed E-state index contributed by atoms with van der Waals surface area (Å²) in [5.41, 5.74) is 1.27. The maximum absolute atomic E-state index is 9.59. The number of aliphatic hydroxyl groups excluding tert-OH is 1. The Balaban J connectivity index is 1.84. The third-order valence-corrected chi connectivity index (χ3v) is 3.65. The number of fused-ring (bicyclic) bond motifs is 1. The largest absolute Gasteiger partial charge is 0.490 e. The van der Waals surface area contributed by atoms with E-state index in [2.05, 4.69) is 12.1 Å². The topological polar surface area (TPSA) is 38.7 Å². The van der Waals surface area contributed by atoms with Gasteiger partial charge < -0.3 is 14.6 Å². The number of ether oxygens (including phenoxy) is 2. The van der Waals surface area contributed by atoms with Crippen LogP contribution >= 0.6 is 0 Å². The van der Waals surface area contributed by atoms with Crippen molar-refractivity contribution in [3.63, 3.8) is 0 Å².